The molecule has 1 atom stereocenters. The maximum Gasteiger partial charge on any atom is 0.251 e. The number of hydrogen-bond acceptors (Lipinski definition) is 3. The molecule has 1 heterocycles. The van der Waals surface area contributed by atoms with Crippen LogP contribution in [0.2, 0.25) is 5.02 Å². The van der Waals surface area contributed by atoms with Crippen molar-refractivity contribution in [2.75, 3.05) is 12.3 Å². The summed E-state index contributed by atoms with van der Waals surface area (Å²) in [5, 5.41) is 14.2. The molecular weight excluding hydrogens is 318 g/mol. The lowest BCUT2D eigenvalue weighted by molar-refractivity contribution is 0.0552. The molecule has 1 unspecified atom stereocenters. The highest BCUT2D eigenvalue weighted by Gasteiger charge is 2.34. The van der Waals surface area contributed by atoms with Gasteiger partial charge in [0, 0.05) is 22.1 Å². The van der Waals surface area contributed by atoms with Crippen molar-refractivity contribution < 1.29 is 9.90 Å². The van der Waals surface area contributed by atoms with Crippen LogP contribution >= 0.6 is 23.4 Å². The van der Waals surface area contributed by atoms with E-state index in [9.17, 15) is 9.90 Å². The quantitative estimate of drug-likeness (QED) is 0.906. The van der Waals surface area contributed by atoms with Crippen LogP contribution < -0.4 is 5.32 Å². The molecular formula is C17H16ClNO2S. The number of nitrogens with one attached hydrogen (secondary N) is 1. The Labute approximate surface area is 138 Å². The number of amides is 1. The molecule has 3 rings (SSSR count). The number of carbonyl (C=O) groups is 1. The van der Waals surface area contributed by atoms with Gasteiger partial charge in [0.1, 0.15) is 5.60 Å². The van der Waals surface area contributed by atoms with Gasteiger partial charge in [-0.2, -0.15) is 11.8 Å². The molecule has 1 amide bonds. The lowest BCUT2D eigenvalue weighted by Gasteiger charge is -2.34. The maximum absolute atomic E-state index is 12.2. The van der Waals surface area contributed by atoms with Gasteiger partial charge in [0.15, 0.2) is 0 Å². The minimum atomic E-state index is -1.03. The summed E-state index contributed by atoms with van der Waals surface area (Å²) < 4.78 is 0. The van der Waals surface area contributed by atoms with E-state index < -0.39 is 5.60 Å². The van der Waals surface area contributed by atoms with Crippen molar-refractivity contribution in [3.63, 3.8) is 0 Å². The Morgan fingerprint density at radius 1 is 1.27 bits per heavy atom. The van der Waals surface area contributed by atoms with Gasteiger partial charge >= 0.3 is 0 Å². The molecule has 1 aliphatic heterocycles. The highest BCUT2D eigenvalue weighted by molar-refractivity contribution is 7.98. The molecule has 0 aliphatic carbocycles. The first-order valence-corrected chi connectivity index (χ1v) is 8.54. The van der Waals surface area contributed by atoms with Crippen LogP contribution in [0.4, 0.5) is 0 Å². The highest BCUT2D eigenvalue weighted by atomic mass is 35.5. The van der Waals surface area contributed by atoms with Crippen LogP contribution in [0, 0.1) is 0 Å². The van der Waals surface area contributed by atoms with Crippen LogP contribution in [-0.2, 0) is 11.4 Å². The maximum atomic E-state index is 12.2. The van der Waals surface area contributed by atoms with Gasteiger partial charge in [-0.05, 0) is 29.3 Å². The Morgan fingerprint density at radius 2 is 2.09 bits per heavy atom. The first kappa shape index (κ1) is 15.4. The molecule has 0 saturated carbocycles. The zero-order valence-electron chi connectivity index (χ0n) is 11.9. The molecule has 2 N–H and O–H groups in total. The second kappa shape index (κ2) is 6.32. The van der Waals surface area contributed by atoms with E-state index in [1.165, 1.54) is 0 Å². The van der Waals surface area contributed by atoms with Gasteiger partial charge in [0.25, 0.3) is 5.91 Å². The van der Waals surface area contributed by atoms with Crippen molar-refractivity contribution in [3.05, 3.63) is 70.2 Å². The molecule has 0 aromatic heterocycles. The van der Waals surface area contributed by atoms with Gasteiger partial charge < -0.3 is 10.4 Å². The molecule has 0 fully saturated rings. The summed E-state index contributed by atoms with van der Waals surface area (Å²) in [5.74, 6) is 1.23. The van der Waals surface area contributed by atoms with E-state index in [1.54, 1.807) is 36.0 Å². The summed E-state index contributed by atoms with van der Waals surface area (Å²) in [5.41, 5.74) is 1.49. The standard InChI is InChI=1S/C17H16ClNO2S/c18-14-6-3-5-12(8-14)16(20)19-10-17(21)11-22-9-13-4-1-2-7-15(13)17/h1-8,21H,9-11H2,(H,19,20). The molecule has 0 bridgehead atoms. The minimum Gasteiger partial charge on any atom is -0.382 e. The van der Waals surface area contributed by atoms with Crippen LogP contribution in [0.25, 0.3) is 0 Å². The van der Waals surface area contributed by atoms with E-state index >= 15 is 0 Å². The number of fused-ring (bicyclic) bond motifs is 1. The Kier molecular flexibility index (Phi) is 4.43. The third-order valence-electron chi connectivity index (χ3n) is 3.75. The summed E-state index contributed by atoms with van der Waals surface area (Å²) in [6.07, 6.45) is 0. The number of halogens is 1. The Bertz CT molecular complexity index is 707. The number of carbonyl (C=O) groups excluding carboxylic acids is 1. The fourth-order valence-electron chi connectivity index (χ4n) is 2.61. The van der Waals surface area contributed by atoms with Gasteiger partial charge in [0.05, 0.1) is 6.54 Å². The SMILES string of the molecule is O=C(NCC1(O)CSCc2ccccc21)c1cccc(Cl)c1. The van der Waals surface area contributed by atoms with Crippen molar-refractivity contribution in [3.8, 4) is 0 Å². The molecule has 0 saturated heterocycles. The zero-order chi connectivity index (χ0) is 15.6. The number of aliphatic hydroxyl groups is 1. The second-order valence-corrected chi connectivity index (χ2v) is 6.80. The molecule has 5 heteroatoms. The first-order valence-electron chi connectivity index (χ1n) is 7.01. The van der Waals surface area contributed by atoms with Crippen LogP contribution in [0.1, 0.15) is 21.5 Å². The van der Waals surface area contributed by atoms with E-state index in [2.05, 4.69) is 5.32 Å². The largest absolute Gasteiger partial charge is 0.382 e. The summed E-state index contributed by atoms with van der Waals surface area (Å²) in [7, 11) is 0. The van der Waals surface area contributed by atoms with Crippen molar-refractivity contribution in [2.45, 2.75) is 11.4 Å². The molecule has 1 aliphatic rings. The number of hydrogen-bond donors (Lipinski definition) is 2. The second-order valence-electron chi connectivity index (χ2n) is 5.37. The first-order chi connectivity index (χ1) is 10.6. The average Bonchev–Trinajstić information content (AvgIpc) is 2.53. The predicted octanol–water partition coefficient (Wildman–Crippen LogP) is 3.20. The van der Waals surface area contributed by atoms with Gasteiger partial charge in [-0.1, -0.05) is 41.9 Å². The number of rotatable bonds is 3. The third-order valence-corrected chi connectivity index (χ3v) is 5.18. The fraction of sp³-hybridized carbons (Fsp3) is 0.235. The summed E-state index contributed by atoms with van der Waals surface area (Å²) in [6, 6.07) is 14.6. The highest BCUT2D eigenvalue weighted by Crippen LogP contribution is 2.35. The summed E-state index contributed by atoms with van der Waals surface area (Å²) in [6.45, 7) is 0.183. The van der Waals surface area contributed by atoms with Gasteiger partial charge in [0.2, 0.25) is 0 Å². The zero-order valence-corrected chi connectivity index (χ0v) is 13.5. The molecule has 0 spiro atoms. The van der Waals surface area contributed by atoms with Crippen LogP contribution in [-0.4, -0.2) is 23.3 Å². The average molecular weight is 334 g/mol. The monoisotopic (exact) mass is 333 g/mol. The summed E-state index contributed by atoms with van der Waals surface area (Å²) >= 11 is 7.57. The predicted molar refractivity (Wildman–Crippen MR) is 90.3 cm³/mol. The van der Waals surface area contributed by atoms with Crippen molar-refractivity contribution in [1.29, 1.82) is 0 Å². The number of benzene rings is 2. The van der Waals surface area contributed by atoms with E-state index in [-0.39, 0.29) is 12.5 Å². The summed E-state index contributed by atoms with van der Waals surface area (Å²) in [4.78, 5) is 12.2. The van der Waals surface area contributed by atoms with Crippen molar-refractivity contribution in [1.82, 2.24) is 5.32 Å². The van der Waals surface area contributed by atoms with E-state index in [0.717, 1.165) is 16.9 Å². The Hall–Kier alpha value is -1.49. The van der Waals surface area contributed by atoms with Gasteiger partial charge in [-0.25, -0.2) is 0 Å². The van der Waals surface area contributed by atoms with Gasteiger partial charge in [-0.15, -0.1) is 0 Å². The molecule has 2 aromatic rings. The lowest BCUT2D eigenvalue weighted by atomic mass is 9.91. The van der Waals surface area contributed by atoms with E-state index in [1.807, 2.05) is 24.3 Å². The third kappa shape index (κ3) is 3.14. The Morgan fingerprint density at radius 3 is 2.91 bits per heavy atom. The molecule has 0 radical (unpaired) electrons. The van der Waals surface area contributed by atoms with E-state index in [4.69, 9.17) is 11.6 Å². The number of thioether (sulfide) groups is 1. The van der Waals surface area contributed by atoms with Gasteiger partial charge in [-0.3, -0.25) is 4.79 Å². The fourth-order valence-corrected chi connectivity index (χ4v) is 3.97. The van der Waals surface area contributed by atoms with Crippen molar-refractivity contribution in [2.24, 2.45) is 0 Å². The van der Waals surface area contributed by atoms with Crippen LogP contribution in [0.15, 0.2) is 48.5 Å². The molecule has 114 valence electrons. The topological polar surface area (TPSA) is 49.3 Å². The molecule has 3 nitrogen and oxygen atoms in total. The molecule has 2 aromatic carbocycles. The smallest absolute Gasteiger partial charge is 0.251 e. The molecule has 22 heavy (non-hydrogen) atoms. The Balaban J connectivity index is 1.75. The normalized spacial score (nSPS) is 20.3. The lowest BCUT2D eigenvalue weighted by Crippen LogP contribution is -2.44. The van der Waals surface area contributed by atoms with E-state index in [0.29, 0.717) is 16.3 Å². The van der Waals surface area contributed by atoms with Crippen molar-refractivity contribution >= 4 is 29.3 Å². The van der Waals surface area contributed by atoms with Crippen LogP contribution in [0.5, 0.6) is 0 Å². The minimum absolute atomic E-state index is 0.183. The van der Waals surface area contributed by atoms with Crippen LogP contribution in [0.3, 0.4) is 0 Å².